The van der Waals surface area contributed by atoms with E-state index in [1.54, 1.807) is 11.0 Å². The zero-order chi connectivity index (χ0) is 17.4. The highest BCUT2D eigenvalue weighted by Crippen LogP contribution is 2.08. The van der Waals surface area contributed by atoms with Crippen LogP contribution in [0.1, 0.15) is 35.8 Å². The molecule has 0 atom stereocenters. The van der Waals surface area contributed by atoms with Crippen LogP contribution in [0, 0.1) is 0 Å². The second-order valence-corrected chi connectivity index (χ2v) is 5.08. The van der Waals surface area contributed by atoms with Crippen LogP contribution in [0.15, 0.2) is 47.1 Å². The third-order valence-corrected chi connectivity index (χ3v) is 3.36. The molecule has 1 aromatic carbocycles. The number of likely N-dealkylation sites (N-methyl/N-ethyl adjacent to an activating group) is 1. The Labute approximate surface area is 141 Å². The van der Waals surface area contributed by atoms with Gasteiger partial charge in [0.15, 0.2) is 5.69 Å². The summed E-state index contributed by atoms with van der Waals surface area (Å²) in [6, 6.07) is 9.60. The molecule has 1 aromatic heterocycles. The Morgan fingerprint density at radius 2 is 2.00 bits per heavy atom. The molecule has 0 aliphatic heterocycles. The minimum absolute atomic E-state index is 0.140. The van der Waals surface area contributed by atoms with E-state index >= 15 is 0 Å². The fourth-order valence-electron chi connectivity index (χ4n) is 2.08. The van der Waals surface area contributed by atoms with E-state index < -0.39 is 0 Å². The summed E-state index contributed by atoms with van der Waals surface area (Å²) in [5.74, 6) is -0.0930. The van der Waals surface area contributed by atoms with Crippen molar-refractivity contribution in [3.8, 4) is 0 Å². The summed E-state index contributed by atoms with van der Waals surface area (Å²) in [5, 5.41) is 2.65. The fourth-order valence-corrected chi connectivity index (χ4v) is 2.08. The van der Waals surface area contributed by atoms with Crippen LogP contribution in [-0.4, -0.2) is 34.8 Å². The van der Waals surface area contributed by atoms with Gasteiger partial charge in [-0.3, -0.25) is 9.59 Å². The number of nitrogens with zero attached hydrogens (tertiary/aromatic N) is 2. The van der Waals surface area contributed by atoms with E-state index in [1.807, 2.05) is 44.2 Å². The molecule has 0 saturated heterocycles. The normalized spacial score (nSPS) is 10.8. The number of hydrogen-bond acceptors (Lipinski definition) is 4. The number of hydrogen-bond donors (Lipinski definition) is 1. The molecule has 0 aliphatic rings. The van der Waals surface area contributed by atoms with Gasteiger partial charge in [0.1, 0.15) is 6.26 Å². The highest BCUT2D eigenvalue weighted by molar-refractivity contribution is 5.92. The monoisotopic (exact) mass is 327 g/mol. The molecule has 1 heterocycles. The number of rotatable bonds is 7. The Hall–Kier alpha value is -2.89. The number of amides is 2. The Morgan fingerprint density at radius 3 is 2.67 bits per heavy atom. The van der Waals surface area contributed by atoms with Crippen molar-refractivity contribution in [3.63, 3.8) is 0 Å². The van der Waals surface area contributed by atoms with E-state index in [-0.39, 0.29) is 24.1 Å². The standard InChI is InChI=1S/C18H21N3O3/c1-3-19-18(23)15-13-24-16(20-15)12-21(4-2)17(22)11-10-14-8-6-5-7-9-14/h5-11,13H,3-4,12H2,1-2H3,(H,19,23). The fraction of sp³-hybridized carbons (Fsp3) is 0.278. The molecule has 0 aliphatic carbocycles. The number of nitrogens with one attached hydrogen (secondary N) is 1. The van der Waals surface area contributed by atoms with Crippen LogP contribution in [0.25, 0.3) is 6.08 Å². The van der Waals surface area contributed by atoms with Crippen molar-refractivity contribution < 1.29 is 14.0 Å². The predicted octanol–water partition coefficient (Wildman–Crippen LogP) is 2.49. The maximum absolute atomic E-state index is 12.3. The molecule has 0 unspecified atom stereocenters. The Morgan fingerprint density at radius 1 is 1.25 bits per heavy atom. The maximum atomic E-state index is 12.3. The smallest absolute Gasteiger partial charge is 0.273 e. The minimum atomic E-state index is -0.286. The van der Waals surface area contributed by atoms with Gasteiger partial charge in [0.2, 0.25) is 11.8 Å². The molecule has 0 fully saturated rings. The molecule has 2 amide bonds. The number of carbonyl (C=O) groups is 2. The summed E-state index contributed by atoms with van der Waals surface area (Å²) in [6.45, 7) is 4.95. The lowest BCUT2D eigenvalue weighted by Gasteiger charge is -2.16. The van der Waals surface area contributed by atoms with Crippen LogP contribution in [0.3, 0.4) is 0 Å². The molecule has 126 valence electrons. The predicted molar refractivity (Wildman–Crippen MR) is 91.1 cm³/mol. The first kappa shape index (κ1) is 17.5. The Kier molecular flexibility index (Phi) is 6.31. The molecule has 1 N–H and O–H groups in total. The Balaban J connectivity index is 2.00. The lowest BCUT2D eigenvalue weighted by atomic mass is 10.2. The third kappa shape index (κ3) is 4.81. The number of oxazole rings is 1. The quantitative estimate of drug-likeness (QED) is 0.793. The lowest BCUT2D eigenvalue weighted by Crippen LogP contribution is -2.29. The van der Waals surface area contributed by atoms with E-state index in [9.17, 15) is 9.59 Å². The van der Waals surface area contributed by atoms with Gasteiger partial charge in [0.25, 0.3) is 5.91 Å². The summed E-state index contributed by atoms with van der Waals surface area (Å²) < 4.78 is 5.29. The molecule has 24 heavy (non-hydrogen) atoms. The van der Waals surface area contributed by atoms with Crippen molar-refractivity contribution in [1.29, 1.82) is 0 Å². The van der Waals surface area contributed by atoms with Gasteiger partial charge in [0.05, 0.1) is 6.54 Å². The van der Waals surface area contributed by atoms with Crippen molar-refractivity contribution in [2.24, 2.45) is 0 Å². The second-order valence-electron chi connectivity index (χ2n) is 5.08. The molecule has 6 nitrogen and oxygen atoms in total. The zero-order valence-corrected chi connectivity index (χ0v) is 13.9. The summed E-state index contributed by atoms with van der Waals surface area (Å²) in [4.78, 5) is 29.7. The molecule has 0 spiro atoms. The van der Waals surface area contributed by atoms with Gasteiger partial charge in [-0.2, -0.15) is 0 Å². The van der Waals surface area contributed by atoms with Crippen LogP contribution < -0.4 is 5.32 Å². The van der Waals surface area contributed by atoms with E-state index in [0.717, 1.165) is 5.56 Å². The first-order valence-corrected chi connectivity index (χ1v) is 7.88. The summed E-state index contributed by atoms with van der Waals surface area (Å²) >= 11 is 0. The minimum Gasteiger partial charge on any atom is -0.446 e. The third-order valence-electron chi connectivity index (χ3n) is 3.36. The average Bonchev–Trinajstić information content (AvgIpc) is 3.07. The van der Waals surface area contributed by atoms with Crippen molar-refractivity contribution in [3.05, 3.63) is 59.8 Å². The number of benzene rings is 1. The van der Waals surface area contributed by atoms with E-state index in [2.05, 4.69) is 10.3 Å². The summed E-state index contributed by atoms with van der Waals surface area (Å²) in [6.07, 6.45) is 4.59. The molecular weight excluding hydrogens is 306 g/mol. The van der Waals surface area contributed by atoms with Crippen LogP contribution in [-0.2, 0) is 11.3 Å². The van der Waals surface area contributed by atoms with Gasteiger partial charge in [-0.05, 0) is 25.5 Å². The maximum Gasteiger partial charge on any atom is 0.273 e. The largest absolute Gasteiger partial charge is 0.446 e. The van der Waals surface area contributed by atoms with Gasteiger partial charge in [-0.15, -0.1) is 0 Å². The molecule has 2 rings (SSSR count). The van der Waals surface area contributed by atoms with Crippen LogP contribution in [0.4, 0.5) is 0 Å². The summed E-state index contributed by atoms with van der Waals surface area (Å²) in [7, 11) is 0. The highest BCUT2D eigenvalue weighted by atomic mass is 16.3. The van der Waals surface area contributed by atoms with Crippen LogP contribution in [0.5, 0.6) is 0 Å². The van der Waals surface area contributed by atoms with Gasteiger partial charge in [-0.25, -0.2) is 4.98 Å². The van der Waals surface area contributed by atoms with Gasteiger partial charge in [0, 0.05) is 19.2 Å². The van der Waals surface area contributed by atoms with E-state index in [4.69, 9.17) is 4.42 Å². The molecule has 0 bridgehead atoms. The zero-order valence-electron chi connectivity index (χ0n) is 13.9. The number of aromatic nitrogens is 1. The second kappa shape index (κ2) is 8.67. The van der Waals surface area contributed by atoms with Gasteiger partial charge >= 0.3 is 0 Å². The lowest BCUT2D eigenvalue weighted by molar-refractivity contribution is -0.126. The van der Waals surface area contributed by atoms with Crippen molar-refractivity contribution in [2.75, 3.05) is 13.1 Å². The Bertz CT molecular complexity index is 707. The molecule has 2 aromatic rings. The van der Waals surface area contributed by atoms with Gasteiger partial charge < -0.3 is 14.6 Å². The van der Waals surface area contributed by atoms with Crippen molar-refractivity contribution in [1.82, 2.24) is 15.2 Å². The first-order valence-electron chi connectivity index (χ1n) is 7.88. The first-order chi connectivity index (χ1) is 11.6. The SMILES string of the molecule is CCNC(=O)c1coc(CN(CC)C(=O)C=Cc2ccccc2)n1. The molecule has 6 heteroatoms. The van der Waals surface area contributed by atoms with E-state index in [1.165, 1.54) is 12.3 Å². The highest BCUT2D eigenvalue weighted by Gasteiger charge is 2.15. The molecule has 0 saturated carbocycles. The molecular formula is C18H21N3O3. The van der Waals surface area contributed by atoms with E-state index in [0.29, 0.717) is 19.0 Å². The molecule has 0 radical (unpaired) electrons. The topological polar surface area (TPSA) is 75.4 Å². The van der Waals surface area contributed by atoms with Gasteiger partial charge in [-0.1, -0.05) is 30.3 Å². The summed E-state index contributed by atoms with van der Waals surface area (Å²) in [5.41, 5.74) is 1.17. The average molecular weight is 327 g/mol. The van der Waals surface area contributed by atoms with Crippen LogP contribution in [0.2, 0.25) is 0 Å². The van der Waals surface area contributed by atoms with Crippen LogP contribution >= 0.6 is 0 Å². The number of carbonyl (C=O) groups excluding carboxylic acids is 2. The van der Waals surface area contributed by atoms with Crippen molar-refractivity contribution in [2.45, 2.75) is 20.4 Å². The van der Waals surface area contributed by atoms with Crippen molar-refractivity contribution >= 4 is 17.9 Å².